The molecule has 0 aliphatic heterocycles. The van der Waals surface area contributed by atoms with Crippen LogP contribution in [0.3, 0.4) is 0 Å². The van der Waals surface area contributed by atoms with Gasteiger partial charge in [-0.2, -0.15) is 0 Å². The molecule has 2 aromatic rings. The molecule has 22 heavy (non-hydrogen) atoms. The van der Waals surface area contributed by atoms with Gasteiger partial charge in [0.25, 0.3) is 10.0 Å². The number of anilines is 1. The zero-order chi connectivity index (χ0) is 16.7. The smallest absolute Gasteiger partial charge is 0.267 e. The molecule has 0 bridgehead atoms. The van der Waals surface area contributed by atoms with E-state index in [1.54, 1.807) is 26.8 Å². The molecule has 6 nitrogen and oxygen atoms in total. The van der Waals surface area contributed by atoms with Gasteiger partial charge in [-0.3, -0.25) is 4.72 Å². The summed E-state index contributed by atoms with van der Waals surface area (Å²) < 4.78 is 37.9. The number of benzene rings is 1. The molecule has 1 aromatic carbocycles. The van der Waals surface area contributed by atoms with Gasteiger partial charge in [0, 0.05) is 5.02 Å². The largest absolute Gasteiger partial charge is 0.495 e. The lowest BCUT2D eigenvalue weighted by Crippen LogP contribution is -2.16. The van der Waals surface area contributed by atoms with Crippen molar-refractivity contribution in [1.29, 1.82) is 0 Å². The average molecular weight is 345 g/mol. The topological polar surface area (TPSA) is 81.4 Å². The maximum absolute atomic E-state index is 12.6. The number of methoxy groups -OCH3 is 1. The van der Waals surface area contributed by atoms with Gasteiger partial charge in [0.1, 0.15) is 11.4 Å². The Bertz CT molecular complexity index is 808. The summed E-state index contributed by atoms with van der Waals surface area (Å²) in [4.78, 5) is 0.0191. The summed E-state index contributed by atoms with van der Waals surface area (Å²) in [6.45, 7) is 6.66. The SMILES string of the molecule is COc1cc(C)c(Cl)c(C)c1NS(=O)(=O)c1c(C)noc1C. The molecule has 8 heteroatoms. The molecule has 0 aliphatic rings. The highest BCUT2D eigenvalue weighted by molar-refractivity contribution is 7.92. The highest BCUT2D eigenvalue weighted by Gasteiger charge is 2.26. The van der Waals surface area contributed by atoms with Crippen molar-refractivity contribution in [2.24, 2.45) is 0 Å². The maximum Gasteiger partial charge on any atom is 0.267 e. The van der Waals surface area contributed by atoms with Crippen LogP contribution in [0.1, 0.15) is 22.6 Å². The van der Waals surface area contributed by atoms with Crippen molar-refractivity contribution < 1.29 is 17.7 Å². The summed E-state index contributed by atoms with van der Waals surface area (Å²) in [6, 6.07) is 1.68. The van der Waals surface area contributed by atoms with Gasteiger partial charge in [-0.1, -0.05) is 16.8 Å². The number of rotatable bonds is 4. The van der Waals surface area contributed by atoms with Crippen LogP contribution in [-0.4, -0.2) is 20.7 Å². The summed E-state index contributed by atoms with van der Waals surface area (Å²) in [5.41, 5.74) is 1.99. The number of hydrogen-bond acceptors (Lipinski definition) is 5. The molecule has 1 N–H and O–H groups in total. The van der Waals surface area contributed by atoms with Gasteiger partial charge in [0.2, 0.25) is 0 Å². The van der Waals surface area contributed by atoms with E-state index in [4.69, 9.17) is 20.9 Å². The highest BCUT2D eigenvalue weighted by Crippen LogP contribution is 2.37. The fourth-order valence-electron chi connectivity index (χ4n) is 2.25. The fraction of sp³-hybridized carbons (Fsp3) is 0.357. The van der Waals surface area contributed by atoms with Crippen molar-refractivity contribution in [2.45, 2.75) is 32.6 Å². The van der Waals surface area contributed by atoms with Crippen molar-refractivity contribution in [3.63, 3.8) is 0 Å². The molecule has 0 spiro atoms. The second kappa shape index (κ2) is 5.81. The van der Waals surface area contributed by atoms with Crippen molar-refractivity contribution in [3.05, 3.63) is 33.7 Å². The van der Waals surface area contributed by atoms with Gasteiger partial charge >= 0.3 is 0 Å². The van der Waals surface area contributed by atoms with Gasteiger partial charge in [-0.05, 0) is 44.9 Å². The third kappa shape index (κ3) is 2.78. The van der Waals surface area contributed by atoms with Gasteiger partial charge < -0.3 is 9.26 Å². The molecule has 0 unspecified atom stereocenters. The number of sulfonamides is 1. The van der Waals surface area contributed by atoms with Crippen LogP contribution in [0.4, 0.5) is 5.69 Å². The molecule has 0 saturated carbocycles. The normalized spacial score (nSPS) is 11.5. The molecule has 0 radical (unpaired) electrons. The maximum atomic E-state index is 12.6. The molecule has 1 aromatic heterocycles. The average Bonchev–Trinajstić information content (AvgIpc) is 2.79. The number of hydrogen-bond donors (Lipinski definition) is 1. The molecule has 0 saturated heterocycles. The zero-order valence-corrected chi connectivity index (χ0v) is 14.5. The molecule has 0 aliphatic carbocycles. The molecule has 120 valence electrons. The zero-order valence-electron chi connectivity index (χ0n) is 12.9. The number of nitrogens with zero attached hydrogens (tertiary/aromatic N) is 1. The van der Waals surface area contributed by atoms with Crippen molar-refractivity contribution in [2.75, 3.05) is 11.8 Å². The van der Waals surface area contributed by atoms with Crippen molar-refractivity contribution in [1.82, 2.24) is 5.16 Å². The molecule has 1 heterocycles. The van der Waals surface area contributed by atoms with E-state index in [0.717, 1.165) is 5.56 Å². The number of aromatic nitrogens is 1. The monoisotopic (exact) mass is 344 g/mol. The highest BCUT2D eigenvalue weighted by atomic mass is 35.5. The molecule has 0 amide bonds. The van der Waals surface area contributed by atoms with Gasteiger partial charge in [-0.15, -0.1) is 0 Å². The first kappa shape index (κ1) is 16.6. The Morgan fingerprint density at radius 1 is 1.27 bits per heavy atom. The number of ether oxygens (including phenoxy) is 1. The Morgan fingerprint density at radius 2 is 1.91 bits per heavy atom. The second-order valence-electron chi connectivity index (χ2n) is 4.97. The van der Waals surface area contributed by atoms with E-state index in [1.165, 1.54) is 7.11 Å². The summed E-state index contributed by atoms with van der Waals surface area (Å²) >= 11 is 6.21. The van der Waals surface area contributed by atoms with Gasteiger partial charge in [-0.25, -0.2) is 8.42 Å². The number of halogens is 1. The van der Waals surface area contributed by atoms with Crippen LogP contribution in [0.15, 0.2) is 15.5 Å². The van der Waals surface area contributed by atoms with E-state index in [9.17, 15) is 8.42 Å². The van der Waals surface area contributed by atoms with E-state index in [1.807, 2.05) is 6.92 Å². The molecule has 0 atom stereocenters. The first-order valence-corrected chi connectivity index (χ1v) is 8.34. The molecule has 2 rings (SSSR count). The van der Waals surface area contributed by atoms with Crippen molar-refractivity contribution >= 4 is 27.3 Å². The van der Waals surface area contributed by atoms with Crippen LogP contribution >= 0.6 is 11.6 Å². The third-order valence-corrected chi connectivity index (χ3v) is 5.51. The predicted octanol–water partition coefficient (Wildman–Crippen LogP) is 3.37. The van der Waals surface area contributed by atoms with Crippen LogP contribution < -0.4 is 9.46 Å². The molecular formula is C14H17ClN2O4S. The summed E-state index contributed by atoms with van der Waals surface area (Å²) in [7, 11) is -2.39. The van der Waals surface area contributed by atoms with E-state index >= 15 is 0 Å². The summed E-state index contributed by atoms with van der Waals surface area (Å²) in [5, 5.41) is 4.15. The third-order valence-electron chi connectivity index (χ3n) is 3.34. The van der Waals surface area contributed by atoms with Crippen LogP contribution in [0.25, 0.3) is 0 Å². The van der Waals surface area contributed by atoms with E-state index < -0.39 is 10.0 Å². The van der Waals surface area contributed by atoms with Crippen LogP contribution in [0.5, 0.6) is 5.75 Å². The fourth-order valence-corrected chi connectivity index (χ4v) is 3.87. The minimum Gasteiger partial charge on any atom is -0.495 e. The number of nitrogens with one attached hydrogen (secondary N) is 1. The molecular weight excluding hydrogens is 328 g/mol. The second-order valence-corrected chi connectivity index (χ2v) is 6.97. The van der Waals surface area contributed by atoms with E-state index in [-0.39, 0.29) is 10.7 Å². The Hall–Kier alpha value is -1.73. The van der Waals surface area contributed by atoms with Crippen LogP contribution in [0.2, 0.25) is 5.02 Å². The molecule has 0 fully saturated rings. The minimum absolute atomic E-state index is 0.0191. The quantitative estimate of drug-likeness (QED) is 0.919. The van der Waals surface area contributed by atoms with Gasteiger partial charge in [0.15, 0.2) is 10.7 Å². The Kier molecular flexibility index (Phi) is 4.39. The first-order chi connectivity index (χ1) is 10.2. The minimum atomic E-state index is -3.86. The van der Waals surface area contributed by atoms with Crippen LogP contribution in [0, 0.1) is 27.7 Å². The Morgan fingerprint density at radius 3 is 2.41 bits per heavy atom. The lowest BCUT2D eigenvalue weighted by atomic mass is 10.1. The van der Waals surface area contributed by atoms with E-state index in [2.05, 4.69) is 9.88 Å². The lowest BCUT2D eigenvalue weighted by molar-refractivity contribution is 0.390. The summed E-state index contributed by atoms with van der Waals surface area (Å²) in [5.74, 6) is 0.620. The Labute approximate surface area is 134 Å². The van der Waals surface area contributed by atoms with E-state index in [0.29, 0.717) is 27.7 Å². The van der Waals surface area contributed by atoms with Crippen molar-refractivity contribution in [3.8, 4) is 5.75 Å². The summed E-state index contributed by atoms with van der Waals surface area (Å²) in [6.07, 6.45) is 0. The Balaban J connectivity index is 2.58. The lowest BCUT2D eigenvalue weighted by Gasteiger charge is -2.16. The van der Waals surface area contributed by atoms with Crippen LogP contribution in [-0.2, 0) is 10.0 Å². The number of aryl methyl sites for hydroxylation is 3. The standard InChI is InChI=1S/C14H17ClN2O4S/c1-7-6-11(20-5)13(8(2)12(7)15)17-22(18,19)14-9(3)16-21-10(14)4/h6,17H,1-5H3. The predicted molar refractivity (Wildman–Crippen MR) is 84.3 cm³/mol. The first-order valence-electron chi connectivity index (χ1n) is 6.48. The van der Waals surface area contributed by atoms with Gasteiger partial charge in [0.05, 0.1) is 12.8 Å².